The molecule has 3 rings (SSSR count). The van der Waals surface area contributed by atoms with Crippen LogP contribution < -0.4 is 4.74 Å². The summed E-state index contributed by atoms with van der Waals surface area (Å²) in [5.41, 5.74) is 4.41. The maximum absolute atomic E-state index is 10.7. The van der Waals surface area contributed by atoms with Crippen LogP contribution in [-0.4, -0.2) is 11.1 Å². The second kappa shape index (κ2) is 8.15. The molecular weight excluding hydrogens is 312 g/mol. The maximum atomic E-state index is 10.7. The molecule has 1 N–H and O–H groups in total. The van der Waals surface area contributed by atoms with Crippen LogP contribution in [0.2, 0.25) is 0 Å². The number of hydrogen-bond donors (Lipinski definition) is 1. The van der Waals surface area contributed by atoms with Crippen LogP contribution in [0, 0.1) is 0 Å². The van der Waals surface area contributed by atoms with Gasteiger partial charge in [0.25, 0.3) is 0 Å². The summed E-state index contributed by atoms with van der Waals surface area (Å²) < 4.78 is 5.88. The number of hydrogen-bond acceptors (Lipinski definition) is 2. The van der Waals surface area contributed by atoms with E-state index in [2.05, 4.69) is 24.3 Å². The smallest absolute Gasteiger partial charge is 0.303 e. The quantitative estimate of drug-likeness (QED) is 0.666. The molecule has 25 heavy (non-hydrogen) atoms. The van der Waals surface area contributed by atoms with Crippen LogP contribution in [0.15, 0.2) is 78.9 Å². The molecule has 0 bridgehead atoms. The van der Waals surface area contributed by atoms with Crippen molar-refractivity contribution in [1.29, 1.82) is 0 Å². The fourth-order valence-corrected chi connectivity index (χ4v) is 2.68. The van der Waals surface area contributed by atoms with Gasteiger partial charge in [-0.3, -0.25) is 4.79 Å². The zero-order chi connectivity index (χ0) is 17.5. The third-order valence-corrected chi connectivity index (χ3v) is 3.97. The Hall–Kier alpha value is -3.07. The van der Waals surface area contributed by atoms with Gasteiger partial charge in [0.05, 0.1) is 0 Å². The lowest BCUT2D eigenvalue weighted by Crippen LogP contribution is -1.99. The molecule has 0 aliphatic rings. The van der Waals surface area contributed by atoms with Crippen LogP contribution in [0.5, 0.6) is 5.75 Å². The van der Waals surface area contributed by atoms with Gasteiger partial charge in [-0.15, -0.1) is 0 Å². The lowest BCUT2D eigenvalue weighted by atomic mass is 10.0. The highest BCUT2D eigenvalue weighted by atomic mass is 16.5. The molecule has 0 aromatic heterocycles. The Morgan fingerprint density at radius 3 is 2.32 bits per heavy atom. The first kappa shape index (κ1) is 16.8. The van der Waals surface area contributed by atoms with Crippen molar-refractivity contribution >= 4 is 5.97 Å². The standard InChI is InChI=1S/C22H20O3/c23-22(24)13-12-17-6-5-11-21(15-17)25-16-18-7-4-10-20(14-18)19-8-2-1-3-9-19/h1-11,14-15H,12-13,16H2,(H,23,24). The fourth-order valence-electron chi connectivity index (χ4n) is 2.68. The van der Waals surface area contributed by atoms with Crippen molar-refractivity contribution < 1.29 is 14.6 Å². The maximum Gasteiger partial charge on any atom is 0.303 e. The van der Waals surface area contributed by atoms with Gasteiger partial charge in [0.1, 0.15) is 12.4 Å². The highest BCUT2D eigenvalue weighted by Gasteiger charge is 2.03. The van der Waals surface area contributed by atoms with Gasteiger partial charge in [0.15, 0.2) is 0 Å². The molecule has 0 heterocycles. The molecule has 3 heteroatoms. The summed E-state index contributed by atoms with van der Waals surface area (Å²) in [7, 11) is 0. The van der Waals surface area contributed by atoms with Crippen LogP contribution >= 0.6 is 0 Å². The summed E-state index contributed by atoms with van der Waals surface area (Å²) in [4.78, 5) is 10.7. The zero-order valence-corrected chi connectivity index (χ0v) is 13.9. The predicted octanol–water partition coefficient (Wildman–Crippen LogP) is 4.95. The summed E-state index contributed by atoms with van der Waals surface area (Å²) in [5, 5.41) is 8.78. The minimum atomic E-state index is -0.788. The third kappa shape index (κ3) is 4.95. The van der Waals surface area contributed by atoms with Gasteiger partial charge < -0.3 is 9.84 Å². The van der Waals surface area contributed by atoms with E-state index < -0.39 is 5.97 Å². The second-order valence-electron chi connectivity index (χ2n) is 5.90. The summed E-state index contributed by atoms with van der Waals surface area (Å²) in [6.45, 7) is 0.475. The second-order valence-corrected chi connectivity index (χ2v) is 5.90. The van der Waals surface area contributed by atoms with Crippen LogP contribution in [0.1, 0.15) is 17.5 Å². The number of carboxylic acid groups (broad SMARTS) is 1. The zero-order valence-electron chi connectivity index (χ0n) is 13.9. The Kier molecular flexibility index (Phi) is 5.47. The van der Waals surface area contributed by atoms with Gasteiger partial charge in [-0.25, -0.2) is 0 Å². The fraction of sp³-hybridized carbons (Fsp3) is 0.136. The summed E-state index contributed by atoms with van der Waals surface area (Å²) in [6.07, 6.45) is 0.637. The van der Waals surface area contributed by atoms with Gasteiger partial charge >= 0.3 is 5.97 Å². The monoisotopic (exact) mass is 332 g/mol. The molecule has 0 saturated carbocycles. The first-order valence-corrected chi connectivity index (χ1v) is 8.28. The van der Waals surface area contributed by atoms with Gasteiger partial charge in [0, 0.05) is 6.42 Å². The molecule has 0 fully saturated rings. The lowest BCUT2D eigenvalue weighted by Gasteiger charge is -2.09. The van der Waals surface area contributed by atoms with Gasteiger partial charge in [-0.1, -0.05) is 60.7 Å². The molecule has 3 aromatic carbocycles. The minimum Gasteiger partial charge on any atom is -0.489 e. The van der Waals surface area contributed by atoms with E-state index in [1.807, 2.05) is 54.6 Å². The number of aryl methyl sites for hydroxylation is 1. The molecular formula is C22H20O3. The van der Waals surface area contributed by atoms with Crippen molar-refractivity contribution in [1.82, 2.24) is 0 Å². The van der Waals surface area contributed by atoms with Gasteiger partial charge in [-0.2, -0.15) is 0 Å². The van der Waals surface area contributed by atoms with Crippen LogP contribution in [-0.2, 0) is 17.8 Å². The molecule has 0 saturated heterocycles. The van der Waals surface area contributed by atoms with E-state index >= 15 is 0 Å². The Morgan fingerprint density at radius 1 is 0.800 bits per heavy atom. The Labute approximate surface area is 147 Å². The normalized spacial score (nSPS) is 10.4. The topological polar surface area (TPSA) is 46.5 Å². The van der Waals surface area contributed by atoms with E-state index in [1.54, 1.807) is 0 Å². The lowest BCUT2D eigenvalue weighted by molar-refractivity contribution is -0.136. The van der Waals surface area contributed by atoms with E-state index in [1.165, 1.54) is 5.56 Å². The Morgan fingerprint density at radius 2 is 1.52 bits per heavy atom. The molecule has 3 nitrogen and oxygen atoms in total. The first-order chi connectivity index (χ1) is 12.2. The van der Waals surface area contributed by atoms with E-state index in [0.717, 1.165) is 22.4 Å². The average Bonchev–Trinajstić information content (AvgIpc) is 2.66. The van der Waals surface area contributed by atoms with E-state index in [-0.39, 0.29) is 6.42 Å². The minimum absolute atomic E-state index is 0.128. The number of ether oxygens (including phenoxy) is 1. The highest BCUT2D eigenvalue weighted by Crippen LogP contribution is 2.21. The van der Waals surface area contributed by atoms with Crippen molar-refractivity contribution in [3.8, 4) is 16.9 Å². The van der Waals surface area contributed by atoms with E-state index in [0.29, 0.717) is 13.0 Å². The van der Waals surface area contributed by atoms with Gasteiger partial charge in [0.2, 0.25) is 0 Å². The average molecular weight is 332 g/mol. The summed E-state index contributed by atoms with van der Waals surface area (Å²) in [6, 6.07) is 26.2. The number of rotatable bonds is 7. The SMILES string of the molecule is O=C(O)CCc1cccc(OCc2cccc(-c3ccccc3)c2)c1. The van der Waals surface area contributed by atoms with Crippen LogP contribution in [0.4, 0.5) is 0 Å². The molecule has 0 unspecified atom stereocenters. The van der Waals surface area contributed by atoms with E-state index in [9.17, 15) is 4.79 Å². The first-order valence-electron chi connectivity index (χ1n) is 8.28. The highest BCUT2D eigenvalue weighted by molar-refractivity contribution is 5.67. The van der Waals surface area contributed by atoms with Crippen LogP contribution in [0.3, 0.4) is 0 Å². The molecule has 126 valence electrons. The number of aliphatic carboxylic acids is 1. The van der Waals surface area contributed by atoms with Crippen molar-refractivity contribution in [3.63, 3.8) is 0 Å². The molecule has 0 radical (unpaired) electrons. The van der Waals surface area contributed by atoms with Crippen molar-refractivity contribution in [2.75, 3.05) is 0 Å². The molecule has 0 amide bonds. The van der Waals surface area contributed by atoms with Gasteiger partial charge in [-0.05, 0) is 46.9 Å². The molecule has 0 aliphatic heterocycles. The molecule has 3 aromatic rings. The van der Waals surface area contributed by atoms with Crippen LogP contribution in [0.25, 0.3) is 11.1 Å². The Balaban J connectivity index is 1.66. The predicted molar refractivity (Wildman–Crippen MR) is 98.6 cm³/mol. The van der Waals surface area contributed by atoms with E-state index in [4.69, 9.17) is 9.84 Å². The third-order valence-electron chi connectivity index (χ3n) is 3.97. The van der Waals surface area contributed by atoms with Crippen molar-refractivity contribution in [2.24, 2.45) is 0 Å². The number of carboxylic acids is 1. The number of benzene rings is 3. The number of carbonyl (C=O) groups is 1. The van der Waals surface area contributed by atoms with Crippen molar-refractivity contribution in [2.45, 2.75) is 19.4 Å². The van der Waals surface area contributed by atoms with Crippen molar-refractivity contribution in [3.05, 3.63) is 90.0 Å². The molecule has 0 atom stereocenters. The Bertz CT molecular complexity index is 841. The molecule has 0 aliphatic carbocycles. The summed E-state index contributed by atoms with van der Waals surface area (Å²) >= 11 is 0. The largest absolute Gasteiger partial charge is 0.489 e. The summed E-state index contributed by atoms with van der Waals surface area (Å²) in [5.74, 6) is -0.0305. The molecule has 0 spiro atoms.